The zero-order chi connectivity index (χ0) is 23.4. The van der Waals surface area contributed by atoms with Crippen LogP contribution in [0, 0.1) is 0 Å². The molecule has 1 N–H and O–H groups in total. The summed E-state index contributed by atoms with van der Waals surface area (Å²) in [4.78, 5) is 27.8. The standard InChI is InChI=1S/C26H29N5O2/c1-29-16-8-13-24(29)25(32)27-15-14-20(17-19-9-5-4-6-10-19)31(3)26(33)21-11-7-12-23-22(21)18-30(2)28-23/h4-13,16,18,20H,14-15,17H2,1-3H3,(H,27,32). The molecule has 170 valence electrons. The summed E-state index contributed by atoms with van der Waals surface area (Å²) < 4.78 is 3.52. The van der Waals surface area contributed by atoms with Gasteiger partial charge >= 0.3 is 0 Å². The molecule has 0 spiro atoms. The Hall–Kier alpha value is -3.87. The van der Waals surface area contributed by atoms with Crippen LogP contribution in [0.15, 0.2) is 73.1 Å². The molecule has 2 aromatic carbocycles. The maximum absolute atomic E-state index is 13.5. The predicted molar refractivity (Wildman–Crippen MR) is 129 cm³/mol. The van der Waals surface area contributed by atoms with Crippen LogP contribution in [0.1, 0.15) is 32.8 Å². The Morgan fingerprint density at radius 2 is 1.82 bits per heavy atom. The van der Waals surface area contributed by atoms with Gasteiger partial charge in [-0.2, -0.15) is 5.10 Å². The quantitative estimate of drug-likeness (QED) is 0.454. The van der Waals surface area contributed by atoms with Crippen LogP contribution in [-0.2, 0) is 20.5 Å². The van der Waals surface area contributed by atoms with Crippen molar-refractivity contribution in [3.63, 3.8) is 0 Å². The summed E-state index contributed by atoms with van der Waals surface area (Å²) in [5.74, 6) is -0.168. The number of aromatic nitrogens is 3. The van der Waals surface area contributed by atoms with Crippen LogP contribution in [0.25, 0.3) is 10.9 Å². The number of carbonyl (C=O) groups is 2. The highest BCUT2D eigenvalue weighted by Gasteiger charge is 2.24. The molecular formula is C26H29N5O2. The first-order chi connectivity index (χ1) is 15.9. The number of likely N-dealkylation sites (N-methyl/N-ethyl adjacent to an activating group) is 1. The van der Waals surface area contributed by atoms with Crippen molar-refractivity contribution in [3.8, 4) is 0 Å². The Labute approximate surface area is 193 Å². The number of amides is 2. The van der Waals surface area contributed by atoms with E-state index < -0.39 is 0 Å². The number of hydrogen-bond acceptors (Lipinski definition) is 3. The van der Waals surface area contributed by atoms with E-state index in [9.17, 15) is 9.59 Å². The molecule has 2 heterocycles. The van der Waals surface area contributed by atoms with Gasteiger partial charge in [0.2, 0.25) is 0 Å². The van der Waals surface area contributed by atoms with Crippen LogP contribution in [0.3, 0.4) is 0 Å². The molecule has 0 aliphatic rings. The molecule has 1 unspecified atom stereocenters. The summed E-state index contributed by atoms with van der Waals surface area (Å²) in [6, 6.07) is 19.3. The van der Waals surface area contributed by atoms with Crippen molar-refractivity contribution in [3.05, 3.63) is 89.9 Å². The van der Waals surface area contributed by atoms with Crippen LogP contribution in [0.2, 0.25) is 0 Å². The van der Waals surface area contributed by atoms with Crippen molar-refractivity contribution in [2.45, 2.75) is 18.9 Å². The van der Waals surface area contributed by atoms with Gasteiger partial charge in [-0.1, -0.05) is 36.4 Å². The number of benzene rings is 2. The van der Waals surface area contributed by atoms with Crippen LogP contribution in [0.4, 0.5) is 0 Å². The lowest BCUT2D eigenvalue weighted by Crippen LogP contribution is -2.41. The number of hydrogen-bond donors (Lipinski definition) is 1. The van der Waals surface area contributed by atoms with E-state index in [1.165, 1.54) is 0 Å². The summed E-state index contributed by atoms with van der Waals surface area (Å²) >= 11 is 0. The van der Waals surface area contributed by atoms with Crippen molar-refractivity contribution in [2.75, 3.05) is 13.6 Å². The van der Waals surface area contributed by atoms with Gasteiger partial charge in [0, 0.05) is 51.5 Å². The lowest BCUT2D eigenvalue weighted by molar-refractivity contribution is 0.0724. The largest absolute Gasteiger partial charge is 0.351 e. The average molecular weight is 444 g/mol. The second-order valence-electron chi connectivity index (χ2n) is 8.35. The summed E-state index contributed by atoms with van der Waals surface area (Å²) in [5.41, 5.74) is 3.19. The van der Waals surface area contributed by atoms with E-state index in [0.717, 1.165) is 16.5 Å². The fourth-order valence-electron chi connectivity index (χ4n) is 4.16. The number of aryl methyl sites for hydroxylation is 2. The first-order valence-corrected chi connectivity index (χ1v) is 11.1. The molecular weight excluding hydrogens is 414 g/mol. The van der Waals surface area contributed by atoms with Crippen molar-refractivity contribution in [1.29, 1.82) is 0 Å². The molecule has 4 aromatic rings. The Bertz CT molecular complexity index is 1260. The SMILES string of the molecule is CN(C(=O)c1cccc2nn(C)cc12)C(CCNC(=O)c1cccn1C)Cc1ccccc1. The van der Waals surface area contributed by atoms with E-state index in [2.05, 4.69) is 22.5 Å². The number of carbonyl (C=O) groups excluding carboxylic acids is 2. The van der Waals surface area contributed by atoms with Gasteiger partial charge < -0.3 is 14.8 Å². The van der Waals surface area contributed by atoms with Gasteiger partial charge in [0.15, 0.2) is 0 Å². The van der Waals surface area contributed by atoms with Gasteiger partial charge in [-0.15, -0.1) is 0 Å². The van der Waals surface area contributed by atoms with Gasteiger partial charge in [0.1, 0.15) is 5.69 Å². The fourth-order valence-corrected chi connectivity index (χ4v) is 4.16. The Kier molecular flexibility index (Phi) is 6.58. The molecule has 0 aliphatic carbocycles. The first kappa shape index (κ1) is 22.3. The molecule has 0 bridgehead atoms. The predicted octanol–water partition coefficient (Wildman–Crippen LogP) is 3.42. The van der Waals surface area contributed by atoms with Crippen molar-refractivity contribution in [2.24, 2.45) is 14.1 Å². The van der Waals surface area contributed by atoms with E-state index >= 15 is 0 Å². The van der Waals surface area contributed by atoms with Crippen molar-refractivity contribution < 1.29 is 9.59 Å². The second-order valence-corrected chi connectivity index (χ2v) is 8.35. The summed E-state index contributed by atoms with van der Waals surface area (Å²) in [6.45, 7) is 0.468. The third-order valence-electron chi connectivity index (χ3n) is 6.02. The van der Waals surface area contributed by atoms with Gasteiger partial charge in [0.05, 0.1) is 11.1 Å². The monoisotopic (exact) mass is 443 g/mol. The molecule has 0 aliphatic heterocycles. The summed E-state index contributed by atoms with van der Waals surface area (Å²) in [5, 5.41) is 8.26. The molecule has 7 nitrogen and oxygen atoms in total. The van der Waals surface area contributed by atoms with E-state index in [1.807, 2.05) is 76.0 Å². The number of nitrogens with zero attached hydrogens (tertiary/aromatic N) is 4. The topological polar surface area (TPSA) is 72.2 Å². The fraction of sp³-hybridized carbons (Fsp3) is 0.269. The number of rotatable bonds is 8. The Morgan fingerprint density at radius 3 is 2.55 bits per heavy atom. The van der Waals surface area contributed by atoms with Crippen LogP contribution in [-0.4, -0.2) is 50.7 Å². The molecule has 4 rings (SSSR count). The smallest absolute Gasteiger partial charge is 0.267 e. The molecule has 0 saturated heterocycles. The number of fused-ring (bicyclic) bond motifs is 1. The van der Waals surface area contributed by atoms with Crippen LogP contribution >= 0.6 is 0 Å². The summed E-state index contributed by atoms with van der Waals surface area (Å²) in [6.07, 6.45) is 5.06. The Balaban J connectivity index is 1.52. The lowest BCUT2D eigenvalue weighted by atomic mass is 10.0. The van der Waals surface area contributed by atoms with E-state index in [4.69, 9.17) is 0 Å². The second kappa shape index (κ2) is 9.73. The van der Waals surface area contributed by atoms with Gasteiger partial charge in [-0.05, 0) is 42.7 Å². The molecule has 2 amide bonds. The van der Waals surface area contributed by atoms with E-state index in [-0.39, 0.29) is 17.9 Å². The Morgan fingerprint density at radius 1 is 1.03 bits per heavy atom. The molecule has 33 heavy (non-hydrogen) atoms. The third-order valence-corrected chi connectivity index (χ3v) is 6.02. The van der Waals surface area contributed by atoms with Crippen LogP contribution < -0.4 is 5.32 Å². The molecule has 0 radical (unpaired) electrons. The first-order valence-electron chi connectivity index (χ1n) is 11.1. The highest BCUT2D eigenvalue weighted by atomic mass is 16.2. The molecule has 0 fully saturated rings. The van der Waals surface area contributed by atoms with E-state index in [1.54, 1.807) is 20.2 Å². The molecule has 7 heteroatoms. The molecule has 2 aromatic heterocycles. The molecule has 0 saturated carbocycles. The van der Waals surface area contributed by atoms with Crippen molar-refractivity contribution in [1.82, 2.24) is 24.6 Å². The minimum absolute atomic E-state index is 0.0525. The van der Waals surface area contributed by atoms with Crippen LogP contribution in [0.5, 0.6) is 0 Å². The highest BCUT2D eigenvalue weighted by Crippen LogP contribution is 2.21. The minimum atomic E-state index is -0.116. The highest BCUT2D eigenvalue weighted by molar-refractivity contribution is 6.06. The van der Waals surface area contributed by atoms with Gasteiger partial charge in [-0.3, -0.25) is 14.3 Å². The number of nitrogens with one attached hydrogen (secondary N) is 1. The average Bonchev–Trinajstić information content (AvgIpc) is 3.42. The zero-order valence-corrected chi connectivity index (χ0v) is 19.2. The summed E-state index contributed by atoms with van der Waals surface area (Å²) in [7, 11) is 5.54. The zero-order valence-electron chi connectivity index (χ0n) is 19.2. The normalized spacial score (nSPS) is 12.0. The lowest BCUT2D eigenvalue weighted by Gasteiger charge is -2.29. The maximum atomic E-state index is 13.5. The van der Waals surface area contributed by atoms with Crippen molar-refractivity contribution >= 4 is 22.7 Å². The van der Waals surface area contributed by atoms with Gasteiger partial charge in [-0.25, -0.2) is 0 Å². The maximum Gasteiger partial charge on any atom is 0.267 e. The minimum Gasteiger partial charge on any atom is -0.351 e. The van der Waals surface area contributed by atoms with Gasteiger partial charge in [0.25, 0.3) is 11.8 Å². The molecule has 1 atom stereocenters. The van der Waals surface area contributed by atoms with E-state index in [0.29, 0.717) is 30.6 Å². The third kappa shape index (κ3) is 4.98.